The molecule has 128 valence electrons. The Morgan fingerprint density at radius 2 is 2.13 bits per heavy atom. The maximum absolute atomic E-state index is 11.7. The van der Waals surface area contributed by atoms with Gasteiger partial charge in [-0.3, -0.25) is 9.79 Å². The monoisotopic (exact) mass is 430 g/mol. The zero-order valence-corrected chi connectivity index (χ0v) is 16.5. The second-order valence-electron chi connectivity index (χ2n) is 5.68. The maximum atomic E-state index is 11.7. The van der Waals surface area contributed by atoms with E-state index in [0.717, 1.165) is 32.0 Å². The molecule has 2 rings (SSSR count). The number of amides is 1. The zero-order valence-electron chi connectivity index (χ0n) is 14.1. The molecule has 0 radical (unpaired) electrons. The third kappa shape index (κ3) is 5.67. The Hall–Kier alpha value is -1.31. The topological polar surface area (TPSA) is 56.7 Å². The van der Waals surface area contributed by atoms with Crippen molar-refractivity contribution in [3.05, 3.63) is 35.4 Å². The molecule has 1 atom stereocenters. The molecule has 1 unspecified atom stereocenters. The van der Waals surface area contributed by atoms with Gasteiger partial charge >= 0.3 is 0 Å². The van der Waals surface area contributed by atoms with E-state index in [1.807, 2.05) is 24.0 Å². The predicted octanol–water partition coefficient (Wildman–Crippen LogP) is 2.29. The first kappa shape index (κ1) is 19.7. The molecular weight excluding hydrogens is 403 g/mol. The van der Waals surface area contributed by atoms with E-state index in [9.17, 15) is 4.79 Å². The molecule has 5 nitrogen and oxygen atoms in total. The lowest BCUT2D eigenvalue weighted by Crippen LogP contribution is -2.44. The van der Waals surface area contributed by atoms with E-state index < -0.39 is 0 Å². The van der Waals surface area contributed by atoms with Crippen LogP contribution < -0.4 is 10.6 Å². The molecule has 0 spiro atoms. The van der Waals surface area contributed by atoms with Crippen LogP contribution in [0.4, 0.5) is 0 Å². The molecule has 1 aromatic carbocycles. The van der Waals surface area contributed by atoms with E-state index in [0.29, 0.717) is 6.42 Å². The molecule has 2 N–H and O–H groups in total. The van der Waals surface area contributed by atoms with Gasteiger partial charge in [0.05, 0.1) is 0 Å². The van der Waals surface area contributed by atoms with Gasteiger partial charge in [0.15, 0.2) is 5.96 Å². The summed E-state index contributed by atoms with van der Waals surface area (Å²) in [6, 6.07) is 8.60. The Morgan fingerprint density at radius 3 is 2.78 bits per heavy atom. The van der Waals surface area contributed by atoms with Gasteiger partial charge in [0.25, 0.3) is 0 Å². The van der Waals surface area contributed by atoms with Crippen molar-refractivity contribution in [2.75, 3.05) is 20.1 Å². The van der Waals surface area contributed by atoms with E-state index in [2.05, 4.69) is 34.7 Å². The predicted molar refractivity (Wildman–Crippen MR) is 105 cm³/mol. The summed E-state index contributed by atoms with van der Waals surface area (Å²) in [5, 5.41) is 6.76. The maximum Gasteiger partial charge on any atom is 0.222 e. The fourth-order valence-electron chi connectivity index (χ4n) is 2.70. The SMILES string of the molecule is CCC(=O)N1CCC(NC(=NC)NCc2ccccc2C)C1.I. The number of aliphatic imine (C=N–C) groups is 1. The average molecular weight is 430 g/mol. The summed E-state index contributed by atoms with van der Waals surface area (Å²) in [5.41, 5.74) is 2.53. The third-order valence-electron chi connectivity index (χ3n) is 4.12. The van der Waals surface area contributed by atoms with Crippen LogP contribution in [-0.4, -0.2) is 42.9 Å². The summed E-state index contributed by atoms with van der Waals surface area (Å²) in [5.74, 6) is 1.02. The van der Waals surface area contributed by atoms with Crippen molar-refractivity contribution in [2.45, 2.75) is 39.3 Å². The van der Waals surface area contributed by atoms with Crippen molar-refractivity contribution < 1.29 is 4.79 Å². The second kappa shape index (κ2) is 9.75. The molecule has 1 saturated heterocycles. The van der Waals surface area contributed by atoms with Crippen LogP contribution in [0, 0.1) is 6.92 Å². The smallest absolute Gasteiger partial charge is 0.222 e. The first-order chi connectivity index (χ1) is 10.6. The van der Waals surface area contributed by atoms with E-state index >= 15 is 0 Å². The lowest BCUT2D eigenvalue weighted by atomic mass is 10.1. The fourth-order valence-corrected chi connectivity index (χ4v) is 2.70. The lowest BCUT2D eigenvalue weighted by Gasteiger charge is -2.19. The minimum absolute atomic E-state index is 0. The number of guanidine groups is 1. The highest BCUT2D eigenvalue weighted by molar-refractivity contribution is 14.0. The quantitative estimate of drug-likeness (QED) is 0.438. The number of hydrogen-bond donors (Lipinski definition) is 2. The molecule has 6 heteroatoms. The number of benzene rings is 1. The van der Waals surface area contributed by atoms with Crippen LogP contribution in [0.2, 0.25) is 0 Å². The Morgan fingerprint density at radius 1 is 1.39 bits per heavy atom. The first-order valence-corrected chi connectivity index (χ1v) is 7.93. The Balaban J connectivity index is 0.00000264. The molecule has 1 aromatic rings. The summed E-state index contributed by atoms with van der Waals surface area (Å²) in [7, 11) is 1.77. The van der Waals surface area contributed by atoms with Crippen molar-refractivity contribution in [3.63, 3.8) is 0 Å². The molecule has 0 saturated carbocycles. The largest absolute Gasteiger partial charge is 0.352 e. The molecule has 23 heavy (non-hydrogen) atoms. The van der Waals surface area contributed by atoms with Crippen LogP contribution in [0.25, 0.3) is 0 Å². The second-order valence-corrected chi connectivity index (χ2v) is 5.68. The zero-order chi connectivity index (χ0) is 15.9. The molecule has 1 aliphatic rings. The minimum atomic E-state index is 0. The molecule has 1 amide bonds. The highest BCUT2D eigenvalue weighted by atomic mass is 127. The van der Waals surface area contributed by atoms with Gasteiger partial charge in [-0.05, 0) is 24.5 Å². The number of aryl methyl sites for hydroxylation is 1. The standard InChI is InChI=1S/C17H26N4O.HI/c1-4-16(22)21-10-9-15(12-21)20-17(18-3)19-11-14-8-6-5-7-13(14)2;/h5-8,15H,4,9-12H2,1-3H3,(H2,18,19,20);1H. The van der Waals surface area contributed by atoms with Crippen LogP contribution in [0.5, 0.6) is 0 Å². The van der Waals surface area contributed by atoms with Crippen LogP contribution >= 0.6 is 24.0 Å². The van der Waals surface area contributed by atoms with Crippen molar-refractivity contribution in [3.8, 4) is 0 Å². The molecule has 1 heterocycles. The van der Waals surface area contributed by atoms with E-state index in [1.165, 1.54) is 11.1 Å². The summed E-state index contributed by atoms with van der Waals surface area (Å²) in [6.45, 7) is 6.36. The molecular formula is C17H27IN4O. The molecule has 1 aliphatic heterocycles. The molecule has 0 aromatic heterocycles. The normalized spacial score (nSPS) is 17.6. The summed E-state index contributed by atoms with van der Waals surface area (Å²) in [6.07, 6.45) is 1.55. The van der Waals surface area contributed by atoms with Gasteiger partial charge in [0, 0.05) is 39.1 Å². The van der Waals surface area contributed by atoms with E-state index in [1.54, 1.807) is 7.05 Å². The number of carbonyl (C=O) groups excluding carboxylic acids is 1. The van der Waals surface area contributed by atoms with Gasteiger partial charge in [0.2, 0.25) is 5.91 Å². The number of carbonyl (C=O) groups is 1. The summed E-state index contributed by atoms with van der Waals surface area (Å²) in [4.78, 5) is 17.9. The number of hydrogen-bond acceptors (Lipinski definition) is 2. The number of nitrogens with one attached hydrogen (secondary N) is 2. The van der Waals surface area contributed by atoms with Crippen molar-refractivity contribution in [2.24, 2.45) is 4.99 Å². The number of rotatable bonds is 4. The number of likely N-dealkylation sites (tertiary alicyclic amines) is 1. The van der Waals surface area contributed by atoms with Crippen LogP contribution in [0.15, 0.2) is 29.3 Å². The summed E-state index contributed by atoms with van der Waals surface area (Å²) >= 11 is 0. The molecule has 0 bridgehead atoms. The van der Waals surface area contributed by atoms with Crippen molar-refractivity contribution >= 4 is 35.8 Å². The van der Waals surface area contributed by atoms with Crippen molar-refractivity contribution in [1.82, 2.24) is 15.5 Å². The average Bonchev–Trinajstić information content (AvgIpc) is 3.00. The molecule has 0 aliphatic carbocycles. The van der Waals surface area contributed by atoms with Crippen LogP contribution in [0.3, 0.4) is 0 Å². The van der Waals surface area contributed by atoms with Gasteiger partial charge in [-0.2, -0.15) is 0 Å². The van der Waals surface area contributed by atoms with Crippen molar-refractivity contribution in [1.29, 1.82) is 0 Å². The van der Waals surface area contributed by atoms with E-state index in [4.69, 9.17) is 0 Å². The number of halogens is 1. The van der Waals surface area contributed by atoms with Crippen LogP contribution in [-0.2, 0) is 11.3 Å². The Bertz CT molecular complexity index is 547. The minimum Gasteiger partial charge on any atom is -0.352 e. The van der Waals surface area contributed by atoms with Gasteiger partial charge < -0.3 is 15.5 Å². The van der Waals surface area contributed by atoms with Gasteiger partial charge in [-0.1, -0.05) is 31.2 Å². The summed E-state index contributed by atoms with van der Waals surface area (Å²) < 4.78 is 0. The van der Waals surface area contributed by atoms with Gasteiger partial charge in [-0.15, -0.1) is 24.0 Å². The third-order valence-corrected chi connectivity index (χ3v) is 4.12. The first-order valence-electron chi connectivity index (χ1n) is 7.93. The fraction of sp³-hybridized carbons (Fsp3) is 0.529. The molecule has 1 fully saturated rings. The number of nitrogens with zero attached hydrogens (tertiary/aromatic N) is 2. The van der Waals surface area contributed by atoms with Gasteiger partial charge in [-0.25, -0.2) is 0 Å². The highest BCUT2D eigenvalue weighted by Crippen LogP contribution is 2.10. The van der Waals surface area contributed by atoms with Gasteiger partial charge in [0.1, 0.15) is 0 Å². The van der Waals surface area contributed by atoms with Crippen LogP contribution in [0.1, 0.15) is 30.9 Å². The lowest BCUT2D eigenvalue weighted by molar-refractivity contribution is -0.129. The highest BCUT2D eigenvalue weighted by Gasteiger charge is 2.25. The Kier molecular flexibility index (Phi) is 8.36. The Labute approximate surface area is 156 Å². The van der Waals surface area contributed by atoms with E-state index in [-0.39, 0.29) is 35.9 Å².